The van der Waals surface area contributed by atoms with E-state index in [1.807, 2.05) is 4.57 Å². The van der Waals surface area contributed by atoms with E-state index in [9.17, 15) is 4.79 Å². The molecule has 2 aliphatic rings. The molecule has 0 spiro atoms. The molecule has 9 heteroatoms. The fourth-order valence-electron chi connectivity index (χ4n) is 3.11. The molecule has 0 unspecified atom stereocenters. The third kappa shape index (κ3) is 3.78. The first-order valence-corrected chi connectivity index (χ1v) is 8.96. The van der Waals surface area contributed by atoms with Crippen LogP contribution in [0.5, 0.6) is 0 Å². The Morgan fingerprint density at radius 1 is 1.31 bits per heavy atom. The zero-order valence-electron chi connectivity index (χ0n) is 14.8. The van der Waals surface area contributed by atoms with Gasteiger partial charge in [0.1, 0.15) is 25.8 Å². The minimum Gasteiger partial charge on any atom is -0.461 e. The summed E-state index contributed by atoms with van der Waals surface area (Å²) in [5.74, 6) is 1.14. The van der Waals surface area contributed by atoms with Gasteiger partial charge in [-0.1, -0.05) is 0 Å². The summed E-state index contributed by atoms with van der Waals surface area (Å²) in [5.41, 5.74) is 1.51. The van der Waals surface area contributed by atoms with Gasteiger partial charge < -0.3 is 19.5 Å². The first-order valence-electron chi connectivity index (χ1n) is 8.96. The standard InChI is InChI=1S/C17H23N5O4/c1-24-8-14(23)25-7-12-4-5-13(26-12)22-10-21-15-16(18-6-11-2-3-11)19-9-20-17(15)22/h9-13H,2-8H2,1H3,(H,18,19,20)/t12-,13+/m0/s1. The van der Waals surface area contributed by atoms with Crippen molar-refractivity contribution in [2.45, 2.75) is 38.0 Å². The van der Waals surface area contributed by atoms with Crippen molar-refractivity contribution in [3.8, 4) is 0 Å². The molecule has 2 fully saturated rings. The van der Waals surface area contributed by atoms with Gasteiger partial charge in [0.25, 0.3) is 0 Å². The quantitative estimate of drug-likeness (QED) is 0.706. The van der Waals surface area contributed by atoms with Crippen LogP contribution < -0.4 is 5.32 Å². The second-order valence-electron chi connectivity index (χ2n) is 6.78. The van der Waals surface area contributed by atoms with Crippen LogP contribution in [-0.2, 0) is 19.0 Å². The maximum absolute atomic E-state index is 11.4. The summed E-state index contributed by atoms with van der Waals surface area (Å²) in [6, 6.07) is 0. The van der Waals surface area contributed by atoms with E-state index in [0.717, 1.165) is 42.3 Å². The van der Waals surface area contributed by atoms with Crippen molar-refractivity contribution in [2.75, 3.05) is 32.2 Å². The van der Waals surface area contributed by atoms with Crippen LogP contribution in [0.25, 0.3) is 11.2 Å². The maximum Gasteiger partial charge on any atom is 0.332 e. The highest BCUT2D eigenvalue weighted by Gasteiger charge is 2.29. The minimum absolute atomic E-state index is 0.0458. The first-order chi connectivity index (χ1) is 12.7. The number of hydrogen-bond acceptors (Lipinski definition) is 8. The number of esters is 1. The number of anilines is 1. The van der Waals surface area contributed by atoms with Gasteiger partial charge in [-0.25, -0.2) is 19.7 Å². The predicted molar refractivity (Wildman–Crippen MR) is 92.5 cm³/mol. The third-order valence-electron chi connectivity index (χ3n) is 4.70. The Bertz CT molecular complexity index is 776. The van der Waals surface area contributed by atoms with Crippen molar-refractivity contribution in [2.24, 2.45) is 5.92 Å². The second kappa shape index (κ2) is 7.55. The molecule has 0 aromatic carbocycles. The summed E-state index contributed by atoms with van der Waals surface area (Å²) in [5, 5.41) is 3.37. The number of carbonyl (C=O) groups excluding carboxylic acids is 1. The molecular formula is C17H23N5O4. The number of imidazole rings is 1. The van der Waals surface area contributed by atoms with Crippen LogP contribution >= 0.6 is 0 Å². The molecule has 140 valence electrons. The zero-order chi connectivity index (χ0) is 17.9. The fourth-order valence-corrected chi connectivity index (χ4v) is 3.11. The van der Waals surface area contributed by atoms with Crippen molar-refractivity contribution >= 4 is 23.0 Å². The molecule has 2 aromatic rings. The molecule has 1 aliphatic heterocycles. The van der Waals surface area contributed by atoms with Crippen LogP contribution in [0.1, 0.15) is 31.9 Å². The minimum atomic E-state index is -0.383. The van der Waals surface area contributed by atoms with Crippen LogP contribution in [0.4, 0.5) is 5.82 Å². The summed E-state index contributed by atoms with van der Waals surface area (Å²) in [4.78, 5) is 24.6. The molecule has 3 heterocycles. The van der Waals surface area contributed by atoms with Crippen molar-refractivity contribution < 1.29 is 19.0 Å². The number of nitrogens with one attached hydrogen (secondary N) is 1. The topological polar surface area (TPSA) is 100 Å². The molecule has 0 bridgehead atoms. The van der Waals surface area contributed by atoms with Gasteiger partial charge in [0.2, 0.25) is 0 Å². The van der Waals surface area contributed by atoms with E-state index in [1.165, 1.54) is 20.0 Å². The number of aromatic nitrogens is 4. The van der Waals surface area contributed by atoms with E-state index in [0.29, 0.717) is 0 Å². The number of methoxy groups -OCH3 is 1. The van der Waals surface area contributed by atoms with Gasteiger partial charge >= 0.3 is 5.97 Å². The molecule has 0 amide bonds. The third-order valence-corrected chi connectivity index (χ3v) is 4.70. The smallest absolute Gasteiger partial charge is 0.332 e. The Balaban J connectivity index is 1.40. The van der Waals surface area contributed by atoms with Gasteiger partial charge in [0.05, 0.1) is 12.4 Å². The van der Waals surface area contributed by atoms with E-state index < -0.39 is 0 Å². The largest absolute Gasteiger partial charge is 0.461 e. The van der Waals surface area contributed by atoms with Crippen LogP contribution in [0.2, 0.25) is 0 Å². The van der Waals surface area contributed by atoms with Gasteiger partial charge in [0, 0.05) is 13.7 Å². The molecule has 1 N–H and O–H groups in total. The van der Waals surface area contributed by atoms with Crippen LogP contribution in [0, 0.1) is 5.92 Å². The van der Waals surface area contributed by atoms with Crippen LogP contribution in [-0.4, -0.2) is 58.5 Å². The van der Waals surface area contributed by atoms with Crippen molar-refractivity contribution in [3.05, 3.63) is 12.7 Å². The van der Waals surface area contributed by atoms with E-state index in [1.54, 1.807) is 12.7 Å². The molecule has 9 nitrogen and oxygen atoms in total. The lowest BCUT2D eigenvalue weighted by Gasteiger charge is -2.15. The Morgan fingerprint density at radius 3 is 3.00 bits per heavy atom. The Morgan fingerprint density at radius 2 is 2.19 bits per heavy atom. The lowest BCUT2D eigenvalue weighted by Crippen LogP contribution is -2.21. The van der Waals surface area contributed by atoms with Gasteiger partial charge in [-0.15, -0.1) is 0 Å². The number of ether oxygens (including phenoxy) is 3. The average molecular weight is 361 g/mol. The SMILES string of the molecule is COCC(=O)OC[C@@H]1CC[C@H](n2cnc3c(NCC4CC4)ncnc32)O1. The molecule has 26 heavy (non-hydrogen) atoms. The molecule has 1 saturated heterocycles. The summed E-state index contributed by atoms with van der Waals surface area (Å²) in [6.07, 6.45) is 7.17. The highest BCUT2D eigenvalue weighted by atomic mass is 16.6. The molecule has 1 saturated carbocycles. The lowest BCUT2D eigenvalue weighted by molar-refractivity contribution is -0.152. The summed E-state index contributed by atoms with van der Waals surface area (Å²) in [6.45, 7) is 1.11. The zero-order valence-corrected chi connectivity index (χ0v) is 14.8. The van der Waals surface area contributed by atoms with Crippen molar-refractivity contribution in [1.82, 2.24) is 19.5 Å². The number of hydrogen-bond donors (Lipinski definition) is 1. The second-order valence-corrected chi connectivity index (χ2v) is 6.78. The molecule has 2 aromatic heterocycles. The Labute approximate surface area is 151 Å². The van der Waals surface area contributed by atoms with Gasteiger partial charge in [0.15, 0.2) is 17.0 Å². The van der Waals surface area contributed by atoms with Crippen molar-refractivity contribution in [3.63, 3.8) is 0 Å². The summed E-state index contributed by atoms with van der Waals surface area (Å²) >= 11 is 0. The number of rotatable bonds is 8. The highest BCUT2D eigenvalue weighted by molar-refractivity contribution is 5.82. The molecule has 1 aliphatic carbocycles. The van der Waals surface area contributed by atoms with E-state index in [2.05, 4.69) is 20.3 Å². The highest BCUT2D eigenvalue weighted by Crippen LogP contribution is 2.32. The van der Waals surface area contributed by atoms with Crippen molar-refractivity contribution in [1.29, 1.82) is 0 Å². The number of nitrogens with zero attached hydrogens (tertiary/aromatic N) is 4. The molecule has 4 rings (SSSR count). The Hall–Kier alpha value is -2.26. The molecule has 2 atom stereocenters. The van der Waals surface area contributed by atoms with Gasteiger partial charge in [-0.2, -0.15) is 0 Å². The van der Waals surface area contributed by atoms with Gasteiger partial charge in [-0.3, -0.25) is 4.57 Å². The predicted octanol–water partition coefficient (Wildman–Crippen LogP) is 1.52. The first kappa shape index (κ1) is 17.2. The Kier molecular flexibility index (Phi) is 4.98. The van der Waals surface area contributed by atoms with Crippen LogP contribution in [0.3, 0.4) is 0 Å². The number of fused-ring (bicyclic) bond motifs is 1. The normalized spacial score (nSPS) is 22.7. The molecule has 0 radical (unpaired) electrons. The molecular weight excluding hydrogens is 338 g/mol. The van der Waals surface area contributed by atoms with E-state index in [4.69, 9.17) is 14.2 Å². The summed E-state index contributed by atoms with van der Waals surface area (Å²) in [7, 11) is 1.46. The maximum atomic E-state index is 11.4. The number of carbonyl (C=O) groups is 1. The van der Waals surface area contributed by atoms with E-state index >= 15 is 0 Å². The monoisotopic (exact) mass is 361 g/mol. The fraction of sp³-hybridized carbons (Fsp3) is 0.647. The average Bonchev–Trinajstić information content (AvgIpc) is 3.18. The lowest BCUT2D eigenvalue weighted by atomic mass is 10.2. The van der Waals surface area contributed by atoms with E-state index in [-0.39, 0.29) is 31.5 Å². The van der Waals surface area contributed by atoms with Gasteiger partial charge in [-0.05, 0) is 31.6 Å². The summed E-state index contributed by atoms with van der Waals surface area (Å²) < 4.78 is 17.8. The van der Waals surface area contributed by atoms with Crippen LogP contribution in [0.15, 0.2) is 12.7 Å².